The number of benzene rings is 1. The molecule has 0 radical (unpaired) electrons. The lowest BCUT2D eigenvalue weighted by molar-refractivity contribution is -0.138. The van der Waals surface area contributed by atoms with E-state index in [-0.39, 0.29) is 0 Å². The summed E-state index contributed by atoms with van der Waals surface area (Å²) >= 11 is 1.26. The molecule has 118 valence electrons. The number of pyridine rings is 1. The van der Waals surface area contributed by atoms with E-state index in [0.717, 1.165) is 16.2 Å². The Balaban J connectivity index is 2.27. The van der Waals surface area contributed by atoms with Crippen LogP contribution in [0, 0.1) is 11.8 Å². The zero-order chi connectivity index (χ0) is 16.9. The molecule has 0 spiro atoms. The Morgan fingerprint density at radius 1 is 1.22 bits per heavy atom. The van der Waals surface area contributed by atoms with Crippen LogP contribution in [-0.4, -0.2) is 27.9 Å². The highest BCUT2D eigenvalue weighted by Crippen LogP contribution is 2.34. The van der Waals surface area contributed by atoms with Crippen molar-refractivity contribution in [3.05, 3.63) is 53.9 Å². The fourth-order valence-corrected chi connectivity index (χ4v) is 2.68. The molecule has 0 aliphatic carbocycles. The maximum absolute atomic E-state index is 11.3. The van der Waals surface area contributed by atoms with E-state index in [0.29, 0.717) is 5.56 Å². The second-order valence-corrected chi connectivity index (χ2v) is 6.93. The lowest BCUT2D eigenvalue weighted by Gasteiger charge is -2.18. The molecular formula is C18H17NO3S. The van der Waals surface area contributed by atoms with Crippen molar-refractivity contribution in [3.63, 3.8) is 0 Å². The van der Waals surface area contributed by atoms with Gasteiger partial charge in [0.1, 0.15) is 10.5 Å². The summed E-state index contributed by atoms with van der Waals surface area (Å²) in [6, 6.07) is 9.21. The van der Waals surface area contributed by atoms with Crippen LogP contribution in [0.5, 0.6) is 5.75 Å². The molecule has 0 aliphatic heterocycles. The minimum Gasteiger partial charge on any atom is -0.497 e. The standard InChI is InChI=1S/C18H17NO3S/c1-18(2,17(20)21)23-16-10-11-19-12-14(16)7-4-13-5-8-15(22-3)9-6-13/h5-6,8-12H,1-3H3,(H,20,21). The van der Waals surface area contributed by atoms with Crippen molar-refractivity contribution in [1.82, 2.24) is 4.98 Å². The third-order valence-electron chi connectivity index (χ3n) is 3.09. The van der Waals surface area contributed by atoms with E-state index < -0.39 is 10.7 Å². The van der Waals surface area contributed by atoms with Crippen molar-refractivity contribution < 1.29 is 14.6 Å². The van der Waals surface area contributed by atoms with Crippen LogP contribution < -0.4 is 4.74 Å². The summed E-state index contributed by atoms with van der Waals surface area (Å²) in [5.41, 5.74) is 1.56. The van der Waals surface area contributed by atoms with Gasteiger partial charge in [0.05, 0.1) is 12.7 Å². The first kappa shape index (κ1) is 16.9. The maximum atomic E-state index is 11.3. The minimum atomic E-state index is -0.933. The number of thioether (sulfide) groups is 1. The number of aromatic nitrogens is 1. The number of carbonyl (C=O) groups is 1. The summed E-state index contributed by atoms with van der Waals surface area (Å²) in [6.07, 6.45) is 3.29. The number of hydrogen-bond acceptors (Lipinski definition) is 4. The molecule has 0 saturated carbocycles. The van der Waals surface area contributed by atoms with E-state index in [4.69, 9.17) is 4.74 Å². The van der Waals surface area contributed by atoms with Gasteiger partial charge >= 0.3 is 5.97 Å². The van der Waals surface area contributed by atoms with E-state index in [1.807, 2.05) is 24.3 Å². The molecule has 0 saturated heterocycles. The number of methoxy groups -OCH3 is 1. The first-order valence-corrected chi connectivity index (χ1v) is 7.76. The largest absolute Gasteiger partial charge is 0.497 e. The number of nitrogens with zero attached hydrogens (tertiary/aromatic N) is 1. The number of carboxylic acid groups (broad SMARTS) is 1. The van der Waals surface area contributed by atoms with Crippen LogP contribution in [0.4, 0.5) is 0 Å². The molecule has 2 rings (SSSR count). The van der Waals surface area contributed by atoms with Crippen LogP contribution in [0.25, 0.3) is 0 Å². The highest BCUT2D eigenvalue weighted by Gasteiger charge is 2.29. The molecular weight excluding hydrogens is 310 g/mol. The minimum absolute atomic E-state index is 0.711. The van der Waals surface area contributed by atoms with E-state index in [1.54, 1.807) is 39.4 Å². The van der Waals surface area contributed by atoms with Crippen LogP contribution in [0.15, 0.2) is 47.6 Å². The molecule has 5 heteroatoms. The SMILES string of the molecule is COc1ccc(C#Cc2cnccc2SC(C)(C)C(=O)O)cc1. The number of carboxylic acids is 1. The van der Waals surface area contributed by atoms with Crippen LogP contribution in [0.1, 0.15) is 25.0 Å². The average molecular weight is 327 g/mol. The van der Waals surface area contributed by atoms with Gasteiger partial charge in [0, 0.05) is 22.9 Å². The molecule has 0 amide bonds. The molecule has 0 unspecified atom stereocenters. The van der Waals surface area contributed by atoms with Crippen molar-refractivity contribution in [3.8, 4) is 17.6 Å². The highest BCUT2D eigenvalue weighted by molar-refractivity contribution is 8.01. The predicted molar refractivity (Wildman–Crippen MR) is 90.8 cm³/mol. The zero-order valence-corrected chi connectivity index (χ0v) is 14.0. The zero-order valence-electron chi connectivity index (χ0n) is 13.2. The van der Waals surface area contributed by atoms with Crippen molar-refractivity contribution in [2.24, 2.45) is 0 Å². The Hall–Kier alpha value is -2.45. The van der Waals surface area contributed by atoms with Crippen molar-refractivity contribution in [2.75, 3.05) is 7.11 Å². The van der Waals surface area contributed by atoms with Gasteiger partial charge in [-0.15, -0.1) is 11.8 Å². The molecule has 0 aliphatic rings. The number of aliphatic carboxylic acids is 1. The van der Waals surface area contributed by atoms with Crippen molar-refractivity contribution in [1.29, 1.82) is 0 Å². The summed E-state index contributed by atoms with van der Waals surface area (Å²) < 4.78 is 4.18. The van der Waals surface area contributed by atoms with E-state index in [9.17, 15) is 9.90 Å². The number of rotatable bonds is 4. The van der Waals surface area contributed by atoms with Gasteiger partial charge in [-0.2, -0.15) is 0 Å². The van der Waals surface area contributed by atoms with Crippen LogP contribution in [-0.2, 0) is 4.79 Å². The summed E-state index contributed by atoms with van der Waals surface area (Å²) in [4.78, 5) is 16.2. The average Bonchev–Trinajstić information content (AvgIpc) is 2.54. The fraction of sp³-hybridized carbons (Fsp3) is 0.222. The van der Waals surface area contributed by atoms with Crippen LogP contribution in [0.2, 0.25) is 0 Å². The molecule has 0 fully saturated rings. The van der Waals surface area contributed by atoms with Gasteiger partial charge < -0.3 is 9.84 Å². The summed E-state index contributed by atoms with van der Waals surface area (Å²) in [6.45, 7) is 3.34. The summed E-state index contributed by atoms with van der Waals surface area (Å²) in [5, 5.41) is 9.27. The van der Waals surface area contributed by atoms with E-state index >= 15 is 0 Å². The van der Waals surface area contributed by atoms with E-state index in [1.165, 1.54) is 11.8 Å². The Morgan fingerprint density at radius 3 is 2.52 bits per heavy atom. The van der Waals surface area contributed by atoms with Gasteiger partial charge in [-0.05, 0) is 44.2 Å². The summed E-state index contributed by atoms with van der Waals surface area (Å²) in [7, 11) is 1.62. The van der Waals surface area contributed by atoms with Crippen LogP contribution in [0.3, 0.4) is 0 Å². The monoisotopic (exact) mass is 327 g/mol. The molecule has 1 heterocycles. The molecule has 4 nitrogen and oxygen atoms in total. The molecule has 0 bridgehead atoms. The van der Waals surface area contributed by atoms with E-state index in [2.05, 4.69) is 16.8 Å². The van der Waals surface area contributed by atoms with Crippen molar-refractivity contribution in [2.45, 2.75) is 23.5 Å². The smallest absolute Gasteiger partial charge is 0.319 e. The molecule has 1 aromatic heterocycles. The van der Waals surface area contributed by atoms with Crippen LogP contribution >= 0.6 is 11.8 Å². The van der Waals surface area contributed by atoms with Gasteiger partial charge in [-0.25, -0.2) is 0 Å². The highest BCUT2D eigenvalue weighted by atomic mass is 32.2. The third-order valence-corrected chi connectivity index (χ3v) is 4.35. The Bertz CT molecular complexity index is 758. The second-order valence-electron chi connectivity index (χ2n) is 5.27. The molecule has 23 heavy (non-hydrogen) atoms. The third kappa shape index (κ3) is 4.51. The summed E-state index contributed by atoms with van der Waals surface area (Å²) in [5.74, 6) is 6.03. The number of hydrogen-bond donors (Lipinski definition) is 1. The quantitative estimate of drug-likeness (QED) is 0.688. The first-order chi connectivity index (χ1) is 10.9. The first-order valence-electron chi connectivity index (χ1n) is 6.95. The van der Waals surface area contributed by atoms with Crippen molar-refractivity contribution >= 4 is 17.7 Å². The lowest BCUT2D eigenvalue weighted by atomic mass is 10.2. The molecule has 1 aromatic carbocycles. The van der Waals surface area contributed by atoms with Gasteiger partial charge in [-0.3, -0.25) is 9.78 Å². The molecule has 0 atom stereocenters. The Morgan fingerprint density at radius 2 is 1.91 bits per heavy atom. The number of ether oxygens (including phenoxy) is 1. The molecule has 2 aromatic rings. The van der Waals surface area contributed by atoms with Gasteiger partial charge in [0.15, 0.2) is 0 Å². The van der Waals surface area contributed by atoms with Gasteiger partial charge in [0.25, 0.3) is 0 Å². The van der Waals surface area contributed by atoms with Gasteiger partial charge in [-0.1, -0.05) is 11.8 Å². The second kappa shape index (κ2) is 7.21. The Labute approximate surface area is 139 Å². The topological polar surface area (TPSA) is 59.4 Å². The maximum Gasteiger partial charge on any atom is 0.319 e. The van der Waals surface area contributed by atoms with Gasteiger partial charge in [0.2, 0.25) is 0 Å². The lowest BCUT2D eigenvalue weighted by Crippen LogP contribution is -2.27. The molecule has 1 N–H and O–H groups in total. The normalized spacial score (nSPS) is 10.6. The fourth-order valence-electron chi connectivity index (χ4n) is 1.70. The predicted octanol–water partition coefficient (Wildman–Crippen LogP) is 3.45. The Kier molecular flexibility index (Phi) is 5.30.